The Morgan fingerprint density at radius 1 is 1.16 bits per heavy atom. The molecule has 0 aliphatic carbocycles. The number of anilines is 1. The van der Waals surface area contributed by atoms with Crippen LogP contribution in [0.5, 0.6) is 11.5 Å². The van der Waals surface area contributed by atoms with Gasteiger partial charge in [0.25, 0.3) is 5.91 Å². The van der Waals surface area contributed by atoms with E-state index < -0.39 is 10.0 Å². The van der Waals surface area contributed by atoms with E-state index in [0.717, 1.165) is 5.56 Å². The van der Waals surface area contributed by atoms with Gasteiger partial charge < -0.3 is 19.7 Å². The third-order valence-corrected chi connectivity index (χ3v) is 7.75. The fourth-order valence-electron chi connectivity index (χ4n) is 3.63. The van der Waals surface area contributed by atoms with Crippen LogP contribution in [0.1, 0.15) is 5.56 Å². The predicted octanol–water partition coefficient (Wildman–Crippen LogP) is 1.76. The molecular formula is C21H22ClN3O6S. The number of rotatable bonds is 5. The molecule has 0 atom stereocenters. The number of benzene rings is 2. The fourth-order valence-corrected chi connectivity index (χ4v) is 5.57. The molecule has 2 aliphatic heterocycles. The maximum Gasteiger partial charge on any atom is 0.262 e. The number of piperazine rings is 1. The molecule has 9 nitrogen and oxygen atoms in total. The van der Waals surface area contributed by atoms with Crippen LogP contribution in [0.2, 0.25) is 5.02 Å². The summed E-state index contributed by atoms with van der Waals surface area (Å²) in [5, 5.41) is 2.59. The summed E-state index contributed by atoms with van der Waals surface area (Å²) in [6, 6.07) is 9.96. The number of methoxy groups -OCH3 is 1. The first-order valence-corrected chi connectivity index (χ1v) is 11.8. The number of ether oxygens (including phenoxy) is 2. The van der Waals surface area contributed by atoms with Gasteiger partial charge in [0.2, 0.25) is 15.9 Å². The second-order valence-corrected chi connectivity index (χ2v) is 9.74. The van der Waals surface area contributed by atoms with Crippen molar-refractivity contribution in [3.8, 4) is 11.5 Å². The Morgan fingerprint density at radius 2 is 1.84 bits per heavy atom. The number of sulfonamides is 1. The number of carbonyl (C=O) groups excluding carboxylic acids is 2. The Labute approximate surface area is 190 Å². The minimum Gasteiger partial charge on any atom is -0.497 e. The van der Waals surface area contributed by atoms with Crippen molar-refractivity contribution in [1.82, 2.24) is 9.21 Å². The number of amides is 2. The van der Waals surface area contributed by atoms with Gasteiger partial charge in [-0.2, -0.15) is 4.31 Å². The molecule has 4 rings (SSSR count). The number of halogens is 1. The highest BCUT2D eigenvalue weighted by Crippen LogP contribution is 2.37. The largest absolute Gasteiger partial charge is 0.497 e. The Kier molecular flexibility index (Phi) is 6.27. The van der Waals surface area contributed by atoms with Crippen molar-refractivity contribution in [2.45, 2.75) is 11.3 Å². The monoisotopic (exact) mass is 479 g/mol. The van der Waals surface area contributed by atoms with Crippen LogP contribution in [0, 0.1) is 0 Å². The third kappa shape index (κ3) is 4.52. The van der Waals surface area contributed by atoms with Crippen LogP contribution in [0.4, 0.5) is 5.69 Å². The SMILES string of the molecule is COc1ccc(CC(=O)N2CCN(S(=O)(=O)c3cc4c(cc3Cl)NC(=O)CO4)CC2)cc1. The lowest BCUT2D eigenvalue weighted by atomic mass is 10.1. The van der Waals surface area contributed by atoms with Crippen molar-refractivity contribution in [3.63, 3.8) is 0 Å². The molecule has 170 valence electrons. The van der Waals surface area contributed by atoms with Gasteiger partial charge in [0, 0.05) is 32.2 Å². The molecule has 1 saturated heterocycles. The van der Waals surface area contributed by atoms with E-state index in [1.165, 1.54) is 16.4 Å². The number of hydrogen-bond acceptors (Lipinski definition) is 6. The molecule has 0 unspecified atom stereocenters. The van der Waals surface area contributed by atoms with E-state index in [-0.39, 0.29) is 66.7 Å². The first kappa shape index (κ1) is 22.4. The standard InChI is InChI=1S/C21H22ClN3O6S/c1-30-15-4-2-14(3-5-15)10-21(27)24-6-8-25(9-7-24)32(28,29)19-12-18-17(11-16(19)22)23-20(26)13-31-18/h2-5,11-12H,6-10,13H2,1H3,(H,23,26). The Morgan fingerprint density at radius 3 is 2.50 bits per heavy atom. The average Bonchev–Trinajstić information content (AvgIpc) is 2.79. The van der Waals surface area contributed by atoms with Crippen LogP contribution < -0.4 is 14.8 Å². The number of hydrogen-bond donors (Lipinski definition) is 1. The molecule has 32 heavy (non-hydrogen) atoms. The van der Waals surface area contributed by atoms with Gasteiger partial charge in [-0.15, -0.1) is 0 Å². The van der Waals surface area contributed by atoms with E-state index in [0.29, 0.717) is 11.4 Å². The van der Waals surface area contributed by atoms with E-state index in [9.17, 15) is 18.0 Å². The summed E-state index contributed by atoms with van der Waals surface area (Å²) in [7, 11) is -2.32. The molecule has 1 fully saturated rings. The van der Waals surface area contributed by atoms with Crippen LogP contribution in [0.15, 0.2) is 41.3 Å². The lowest BCUT2D eigenvalue weighted by molar-refractivity contribution is -0.131. The summed E-state index contributed by atoms with van der Waals surface area (Å²) in [6.07, 6.45) is 0.233. The summed E-state index contributed by atoms with van der Waals surface area (Å²) in [6.45, 7) is 0.680. The van der Waals surface area contributed by atoms with Gasteiger partial charge in [-0.25, -0.2) is 8.42 Å². The van der Waals surface area contributed by atoms with E-state index >= 15 is 0 Å². The molecule has 2 amide bonds. The molecule has 11 heteroatoms. The van der Waals surface area contributed by atoms with Gasteiger partial charge in [-0.1, -0.05) is 23.7 Å². The maximum absolute atomic E-state index is 13.2. The highest BCUT2D eigenvalue weighted by molar-refractivity contribution is 7.89. The topological polar surface area (TPSA) is 105 Å². The lowest BCUT2D eigenvalue weighted by Crippen LogP contribution is -2.50. The normalized spacial score (nSPS) is 16.7. The molecule has 1 N–H and O–H groups in total. The quantitative estimate of drug-likeness (QED) is 0.700. The summed E-state index contributed by atoms with van der Waals surface area (Å²) in [4.78, 5) is 25.7. The number of nitrogens with zero attached hydrogens (tertiary/aromatic N) is 2. The van der Waals surface area contributed by atoms with Crippen molar-refractivity contribution < 1.29 is 27.5 Å². The van der Waals surface area contributed by atoms with Crippen molar-refractivity contribution in [3.05, 3.63) is 47.0 Å². The second-order valence-electron chi connectivity index (χ2n) is 7.43. The van der Waals surface area contributed by atoms with E-state index in [1.807, 2.05) is 12.1 Å². The highest BCUT2D eigenvalue weighted by atomic mass is 35.5. The summed E-state index contributed by atoms with van der Waals surface area (Å²) < 4.78 is 38.1. The Balaban J connectivity index is 1.42. The summed E-state index contributed by atoms with van der Waals surface area (Å²) in [5.74, 6) is 0.567. The highest BCUT2D eigenvalue weighted by Gasteiger charge is 2.33. The molecule has 2 aromatic carbocycles. The smallest absolute Gasteiger partial charge is 0.262 e. The molecule has 0 saturated carbocycles. The van der Waals surface area contributed by atoms with Crippen LogP contribution in [-0.2, 0) is 26.0 Å². The first-order valence-electron chi connectivity index (χ1n) is 9.95. The van der Waals surface area contributed by atoms with Gasteiger partial charge in [0.05, 0.1) is 24.2 Å². The van der Waals surface area contributed by atoms with Crippen molar-refractivity contribution in [2.75, 3.05) is 45.2 Å². The van der Waals surface area contributed by atoms with Crippen molar-refractivity contribution >= 4 is 39.1 Å². The number of fused-ring (bicyclic) bond motifs is 1. The number of carbonyl (C=O) groups is 2. The van der Waals surface area contributed by atoms with Crippen LogP contribution in [0.25, 0.3) is 0 Å². The molecule has 0 aromatic heterocycles. The predicted molar refractivity (Wildman–Crippen MR) is 118 cm³/mol. The van der Waals surface area contributed by atoms with Crippen LogP contribution >= 0.6 is 11.6 Å². The van der Waals surface area contributed by atoms with Gasteiger partial charge in [-0.3, -0.25) is 9.59 Å². The molecule has 2 heterocycles. The van der Waals surface area contributed by atoms with Gasteiger partial charge in [0.1, 0.15) is 16.4 Å². The third-order valence-electron chi connectivity index (χ3n) is 5.39. The molecule has 2 aromatic rings. The van der Waals surface area contributed by atoms with Crippen LogP contribution in [-0.4, -0.2) is 69.3 Å². The van der Waals surface area contributed by atoms with Gasteiger partial charge in [-0.05, 0) is 23.8 Å². The average molecular weight is 480 g/mol. The Bertz CT molecular complexity index is 1140. The second kappa shape index (κ2) is 8.97. The van der Waals surface area contributed by atoms with Crippen molar-refractivity contribution in [1.29, 1.82) is 0 Å². The van der Waals surface area contributed by atoms with E-state index in [1.54, 1.807) is 24.1 Å². The van der Waals surface area contributed by atoms with E-state index in [4.69, 9.17) is 21.1 Å². The minimum atomic E-state index is -3.90. The summed E-state index contributed by atoms with van der Waals surface area (Å²) in [5.41, 5.74) is 1.19. The fraction of sp³-hybridized carbons (Fsp3) is 0.333. The van der Waals surface area contributed by atoms with Crippen molar-refractivity contribution in [2.24, 2.45) is 0 Å². The molecule has 0 radical (unpaired) electrons. The minimum absolute atomic E-state index is 0.00689. The van der Waals surface area contributed by atoms with Gasteiger partial charge in [0.15, 0.2) is 6.61 Å². The molecule has 2 aliphatic rings. The zero-order valence-electron chi connectivity index (χ0n) is 17.3. The van der Waals surface area contributed by atoms with E-state index in [2.05, 4.69) is 5.32 Å². The maximum atomic E-state index is 13.2. The zero-order valence-corrected chi connectivity index (χ0v) is 18.9. The molecule has 0 spiro atoms. The zero-order chi connectivity index (χ0) is 22.9. The van der Waals surface area contributed by atoms with Gasteiger partial charge >= 0.3 is 0 Å². The first-order chi connectivity index (χ1) is 15.3. The summed E-state index contributed by atoms with van der Waals surface area (Å²) >= 11 is 6.22. The molecular weight excluding hydrogens is 458 g/mol. The Hall–Kier alpha value is -2.82. The van der Waals surface area contributed by atoms with Crippen LogP contribution in [0.3, 0.4) is 0 Å². The number of nitrogens with one attached hydrogen (secondary N) is 1. The lowest BCUT2D eigenvalue weighted by Gasteiger charge is -2.34. The molecule has 0 bridgehead atoms.